The lowest BCUT2D eigenvalue weighted by Crippen LogP contribution is -1.93. The van der Waals surface area contributed by atoms with Crippen LogP contribution in [0.5, 0.6) is 0 Å². The number of carbonyl (C=O) groups is 1. The molecule has 0 aliphatic carbocycles. The lowest BCUT2D eigenvalue weighted by Gasteiger charge is -1.98. The monoisotopic (exact) mass is 294 g/mol. The lowest BCUT2D eigenvalue weighted by atomic mass is 10.1. The molecule has 0 atom stereocenters. The Morgan fingerprint density at radius 1 is 0.905 bits per heavy atom. The molecule has 0 amide bonds. The van der Waals surface area contributed by atoms with Crippen LogP contribution in [-0.4, -0.2) is 16.2 Å². The highest BCUT2D eigenvalue weighted by Gasteiger charge is 1.95. The van der Waals surface area contributed by atoms with E-state index in [2.05, 4.69) is 25.2 Å². The average Bonchev–Trinajstić information content (AvgIpc) is 2.44. The van der Waals surface area contributed by atoms with Crippen LogP contribution in [0.1, 0.15) is 71.1 Å². The SMILES string of the molecule is CCC=CCC(O)=CCC=CCCCCCCCC(=O)O. The van der Waals surface area contributed by atoms with Crippen molar-refractivity contribution in [3.63, 3.8) is 0 Å². The Morgan fingerprint density at radius 2 is 1.62 bits per heavy atom. The standard InChI is InChI=1S/C18H30O3/c1-2-3-11-14-17(19)15-12-9-7-5-4-6-8-10-13-16-18(20)21/h3,7,9,11,15,19H,2,4-6,8,10,12-14,16H2,1H3,(H,20,21). The molecule has 0 aliphatic rings. The Labute approximate surface area is 129 Å². The van der Waals surface area contributed by atoms with Crippen LogP contribution >= 0.6 is 0 Å². The molecule has 3 nitrogen and oxygen atoms in total. The number of aliphatic hydroxyl groups excluding tert-OH is 1. The summed E-state index contributed by atoms with van der Waals surface area (Å²) >= 11 is 0. The number of rotatable bonds is 13. The van der Waals surface area contributed by atoms with Gasteiger partial charge in [-0.25, -0.2) is 0 Å². The van der Waals surface area contributed by atoms with Crippen molar-refractivity contribution in [2.75, 3.05) is 0 Å². The normalized spacial score (nSPS) is 12.5. The van der Waals surface area contributed by atoms with Crippen molar-refractivity contribution in [3.8, 4) is 0 Å². The van der Waals surface area contributed by atoms with E-state index < -0.39 is 5.97 Å². The number of hydrogen-bond donors (Lipinski definition) is 2. The maximum atomic E-state index is 10.3. The van der Waals surface area contributed by atoms with Gasteiger partial charge in [-0.1, -0.05) is 50.5 Å². The molecule has 0 aromatic rings. The van der Waals surface area contributed by atoms with Crippen molar-refractivity contribution in [2.45, 2.75) is 71.1 Å². The zero-order chi connectivity index (χ0) is 15.8. The lowest BCUT2D eigenvalue weighted by molar-refractivity contribution is -0.137. The summed E-state index contributed by atoms with van der Waals surface area (Å²) in [7, 11) is 0. The van der Waals surface area contributed by atoms with Crippen LogP contribution in [0.4, 0.5) is 0 Å². The highest BCUT2D eigenvalue weighted by Crippen LogP contribution is 2.08. The van der Waals surface area contributed by atoms with Crippen LogP contribution in [0.2, 0.25) is 0 Å². The number of aliphatic hydroxyl groups is 1. The maximum Gasteiger partial charge on any atom is 0.303 e. The Balaban J connectivity index is 3.42. The molecule has 0 saturated carbocycles. The van der Waals surface area contributed by atoms with Gasteiger partial charge in [0.2, 0.25) is 0 Å². The summed E-state index contributed by atoms with van der Waals surface area (Å²) in [5.41, 5.74) is 0. The van der Waals surface area contributed by atoms with E-state index in [1.54, 1.807) is 0 Å². The second-order valence-electron chi connectivity index (χ2n) is 5.19. The van der Waals surface area contributed by atoms with E-state index in [1.807, 2.05) is 12.2 Å². The number of carboxylic acids is 1. The molecular weight excluding hydrogens is 264 g/mol. The Kier molecular flexibility index (Phi) is 13.8. The minimum absolute atomic E-state index is 0.295. The van der Waals surface area contributed by atoms with Crippen molar-refractivity contribution in [2.24, 2.45) is 0 Å². The Hall–Kier alpha value is -1.51. The van der Waals surface area contributed by atoms with Gasteiger partial charge >= 0.3 is 5.97 Å². The molecule has 120 valence electrons. The van der Waals surface area contributed by atoms with Crippen LogP contribution in [0.3, 0.4) is 0 Å². The third kappa shape index (κ3) is 16.4. The van der Waals surface area contributed by atoms with Crippen LogP contribution in [0.25, 0.3) is 0 Å². The maximum absolute atomic E-state index is 10.3. The van der Waals surface area contributed by atoms with E-state index in [4.69, 9.17) is 5.11 Å². The zero-order valence-corrected chi connectivity index (χ0v) is 13.3. The van der Waals surface area contributed by atoms with Gasteiger partial charge in [-0.15, -0.1) is 0 Å². The predicted octanol–water partition coefficient (Wildman–Crippen LogP) is 5.55. The smallest absolute Gasteiger partial charge is 0.303 e. The summed E-state index contributed by atoms with van der Waals surface area (Å²) in [6.45, 7) is 2.08. The molecule has 0 radical (unpaired) electrons. The fourth-order valence-corrected chi connectivity index (χ4v) is 1.94. The quantitative estimate of drug-likeness (QED) is 0.266. The summed E-state index contributed by atoms with van der Waals surface area (Å²) in [4.78, 5) is 10.3. The highest BCUT2D eigenvalue weighted by molar-refractivity contribution is 5.66. The molecule has 0 heterocycles. The number of unbranched alkanes of at least 4 members (excludes halogenated alkanes) is 5. The van der Waals surface area contributed by atoms with Crippen LogP contribution < -0.4 is 0 Å². The predicted molar refractivity (Wildman–Crippen MR) is 88.5 cm³/mol. The Morgan fingerprint density at radius 3 is 2.33 bits per heavy atom. The van der Waals surface area contributed by atoms with Gasteiger partial charge in [-0.3, -0.25) is 4.79 Å². The van der Waals surface area contributed by atoms with Gasteiger partial charge in [0.1, 0.15) is 0 Å². The first-order chi connectivity index (χ1) is 10.2. The number of aliphatic carboxylic acids is 1. The van der Waals surface area contributed by atoms with Crippen molar-refractivity contribution < 1.29 is 15.0 Å². The van der Waals surface area contributed by atoms with E-state index in [0.717, 1.165) is 51.4 Å². The van der Waals surface area contributed by atoms with E-state index in [-0.39, 0.29) is 0 Å². The van der Waals surface area contributed by atoms with Crippen LogP contribution in [-0.2, 0) is 4.79 Å². The summed E-state index contributed by atoms with van der Waals surface area (Å²) in [6.07, 6.45) is 19.1. The molecule has 0 fully saturated rings. The Bertz CT molecular complexity index is 340. The molecule has 0 aliphatic heterocycles. The molecule has 0 rings (SSSR count). The minimum atomic E-state index is -0.695. The van der Waals surface area contributed by atoms with Gasteiger partial charge in [-0.2, -0.15) is 0 Å². The van der Waals surface area contributed by atoms with Crippen LogP contribution in [0, 0.1) is 0 Å². The summed E-state index contributed by atoms with van der Waals surface area (Å²) in [5.74, 6) is -0.262. The molecule has 0 aromatic heterocycles. The second-order valence-corrected chi connectivity index (χ2v) is 5.19. The highest BCUT2D eigenvalue weighted by atomic mass is 16.4. The third-order valence-electron chi connectivity index (χ3n) is 3.15. The molecule has 3 heteroatoms. The van der Waals surface area contributed by atoms with Gasteiger partial charge in [0.15, 0.2) is 0 Å². The van der Waals surface area contributed by atoms with Crippen molar-refractivity contribution in [3.05, 3.63) is 36.1 Å². The largest absolute Gasteiger partial charge is 0.512 e. The summed E-state index contributed by atoms with van der Waals surface area (Å²) in [6, 6.07) is 0. The fourth-order valence-electron chi connectivity index (χ4n) is 1.94. The average molecular weight is 294 g/mol. The summed E-state index contributed by atoms with van der Waals surface area (Å²) in [5, 5.41) is 18.1. The molecule has 0 bridgehead atoms. The number of hydrogen-bond acceptors (Lipinski definition) is 2. The van der Waals surface area contributed by atoms with E-state index in [9.17, 15) is 9.90 Å². The minimum Gasteiger partial charge on any atom is -0.512 e. The number of allylic oxidation sites excluding steroid dienone is 5. The van der Waals surface area contributed by atoms with Gasteiger partial charge in [0.05, 0.1) is 5.76 Å². The topological polar surface area (TPSA) is 57.5 Å². The third-order valence-corrected chi connectivity index (χ3v) is 3.15. The first kappa shape index (κ1) is 19.5. The van der Waals surface area contributed by atoms with E-state index in [0.29, 0.717) is 18.6 Å². The molecule has 0 unspecified atom stereocenters. The van der Waals surface area contributed by atoms with Crippen molar-refractivity contribution in [1.29, 1.82) is 0 Å². The molecule has 21 heavy (non-hydrogen) atoms. The fraction of sp³-hybridized carbons (Fsp3) is 0.611. The number of carboxylic acid groups (broad SMARTS) is 1. The van der Waals surface area contributed by atoms with Gasteiger partial charge in [-0.05, 0) is 38.2 Å². The zero-order valence-electron chi connectivity index (χ0n) is 13.3. The van der Waals surface area contributed by atoms with Crippen molar-refractivity contribution in [1.82, 2.24) is 0 Å². The van der Waals surface area contributed by atoms with E-state index in [1.165, 1.54) is 0 Å². The molecule has 0 aromatic carbocycles. The molecule has 0 spiro atoms. The summed E-state index contributed by atoms with van der Waals surface area (Å²) < 4.78 is 0. The van der Waals surface area contributed by atoms with Gasteiger partial charge in [0, 0.05) is 12.8 Å². The first-order valence-electron chi connectivity index (χ1n) is 8.06. The van der Waals surface area contributed by atoms with E-state index >= 15 is 0 Å². The second kappa shape index (κ2) is 14.9. The molecule has 0 saturated heterocycles. The van der Waals surface area contributed by atoms with Crippen molar-refractivity contribution >= 4 is 5.97 Å². The van der Waals surface area contributed by atoms with Crippen LogP contribution in [0.15, 0.2) is 36.1 Å². The molecular formula is C18H30O3. The van der Waals surface area contributed by atoms with Gasteiger partial charge in [0.25, 0.3) is 0 Å². The molecule has 2 N–H and O–H groups in total. The van der Waals surface area contributed by atoms with Gasteiger partial charge < -0.3 is 10.2 Å². The first-order valence-corrected chi connectivity index (χ1v) is 8.06.